The van der Waals surface area contributed by atoms with Crippen LogP contribution in [0.2, 0.25) is 0 Å². The van der Waals surface area contributed by atoms with Gasteiger partial charge < -0.3 is 5.11 Å². The smallest absolute Gasteiger partial charge is 0.0938 e. The highest BCUT2D eigenvalue weighted by Gasteiger charge is 2.20. The molecule has 0 amide bonds. The van der Waals surface area contributed by atoms with Gasteiger partial charge in [-0.3, -0.25) is 5.32 Å². The molecule has 0 aromatic carbocycles. The van der Waals surface area contributed by atoms with E-state index in [-0.39, 0.29) is 12.3 Å². The molecule has 0 spiro atoms. The molecule has 1 rings (SSSR count). The summed E-state index contributed by atoms with van der Waals surface area (Å²) in [5, 5.41) is 11.8. The summed E-state index contributed by atoms with van der Waals surface area (Å²) in [6.07, 6.45) is 8.78. The zero-order valence-corrected chi connectivity index (χ0v) is 7.80. The minimum atomic E-state index is -0.105. The fourth-order valence-corrected chi connectivity index (χ4v) is 1.38. The maximum Gasteiger partial charge on any atom is 0.0938 e. The second-order valence-electron chi connectivity index (χ2n) is 3.60. The van der Waals surface area contributed by atoms with Crippen molar-refractivity contribution in [2.24, 2.45) is 0 Å². The van der Waals surface area contributed by atoms with Crippen molar-refractivity contribution in [1.29, 1.82) is 0 Å². The summed E-state index contributed by atoms with van der Waals surface area (Å²) in [6, 6.07) is 0. The Hall–Kier alpha value is -0.600. The SMILES string of the molecule is CC(C)(NCO)C1=CCCC=C1. The first-order valence-corrected chi connectivity index (χ1v) is 4.40. The van der Waals surface area contributed by atoms with E-state index in [0.717, 1.165) is 12.8 Å². The molecule has 1 aliphatic carbocycles. The number of aliphatic hydroxyl groups excluding tert-OH is 1. The Labute approximate surface area is 74.0 Å². The second-order valence-corrected chi connectivity index (χ2v) is 3.60. The lowest BCUT2D eigenvalue weighted by atomic mass is 9.90. The van der Waals surface area contributed by atoms with Crippen LogP contribution in [0.5, 0.6) is 0 Å². The van der Waals surface area contributed by atoms with Gasteiger partial charge in [0.05, 0.1) is 6.73 Å². The Kier molecular flexibility index (Phi) is 3.06. The molecule has 0 atom stereocenters. The van der Waals surface area contributed by atoms with Crippen LogP contribution in [-0.4, -0.2) is 17.4 Å². The van der Waals surface area contributed by atoms with Gasteiger partial charge in [0.25, 0.3) is 0 Å². The van der Waals surface area contributed by atoms with Gasteiger partial charge >= 0.3 is 0 Å². The summed E-state index contributed by atoms with van der Waals surface area (Å²) in [5.41, 5.74) is 1.16. The van der Waals surface area contributed by atoms with Gasteiger partial charge in [-0.25, -0.2) is 0 Å². The predicted octanol–water partition coefficient (Wildman–Crippen LogP) is 1.58. The quantitative estimate of drug-likeness (QED) is 0.625. The van der Waals surface area contributed by atoms with Crippen molar-refractivity contribution < 1.29 is 5.11 Å². The molecule has 0 unspecified atom stereocenters. The molecule has 0 heterocycles. The molecule has 0 bridgehead atoms. The normalized spacial score (nSPS) is 17.8. The molecule has 0 saturated carbocycles. The third kappa shape index (κ3) is 2.19. The van der Waals surface area contributed by atoms with Gasteiger partial charge in [0.15, 0.2) is 0 Å². The van der Waals surface area contributed by atoms with Crippen molar-refractivity contribution in [3.8, 4) is 0 Å². The monoisotopic (exact) mass is 167 g/mol. The molecule has 0 saturated heterocycles. The predicted molar refractivity (Wildman–Crippen MR) is 50.8 cm³/mol. The van der Waals surface area contributed by atoms with E-state index in [1.54, 1.807) is 0 Å². The van der Waals surface area contributed by atoms with Crippen LogP contribution in [0, 0.1) is 0 Å². The van der Waals surface area contributed by atoms with E-state index in [0.29, 0.717) is 0 Å². The molecule has 2 N–H and O–H groups in total. The van der Waals surface area contributed by atoms with Gasteiger partial charge in [-0.15, -0.1) is 0 Å². The number of aliphatic hydroxyl groups is 1. The molecule has 0 aromatic heterocycles. The van der Waals surface area contributed by atoms with Gasteiger partial charge in [0.2, 0.25) is 0 Å². The van der Waals surface area contributed by atoms with Crippen LogP contribution in [0.1, 0.15) is 26.7 Å². The van der Waals surface area contributed by atoms with E-state index in [4.69, 9.17) is 5.11 Å². The third-order valence-corrected chi connectivity index (χ3v) is 2.24. The van der Waals surface area contributed by atoms with Gasteiger partial charge in [0, 0.05) is 5.54 Å². The van der Waals surface area contributed by atoms with E-state index in [9.17, 15) is 0 Å². The van der Waals surface area contributed by atoms with Crippen molar-refractivity contribution in [2.75, 3.05) is 6.73 Å². The molecule has 0 aliphatic heterocycles. The minimum absolute atomic E-state index is 0.0260. The van der Waals surface area contributed by atoms with Gasteiger partial charge in [0.1, 0.15) is 0 Å². The van der Waals surface area contributed by atoms with Crippen LogP contribution < -0.4 is 5.32 Å². The van der Waals surface area contributed by atoms with Crippen molar-refractivity contribution in [3.63, 3.8) is 0 Å². The van der Waals surface area contributed by atoms with E-state index < -0.39 is 0 Å². The van der Waals surface area contributed by atoms with Crippen LogP contribution in [0.15, 0.2) is 23.8 Å². The Morgan fingerprint density at radius 3 is 2.75 bits per heavy atom. The van der Waals surface area contributed by atoms with E-state index >= 15 is 0 Å². The molecule has 0 fully saturated rings. The molecule has 2 heteroatoms. The number of hydrogen-bond acceptors (Lipinski definition) is 2. The molecular weight excluding hydrogens is 150 g/mol. The first-order valence-electron chi connectivity index (χ1n) is 4.40. The fraction of sp³-hybridized carbons (Fsp3) is 0.600. The summed E-state index contributed by atoms with van der Waals surface area (Å²) in [7, 11) is 0. The molecule has 0 aromatic rings. The zero-order chi connectivity index (χ0) is 9.03. The molecule has 12 heavy (non-hydrogen) atoms. The molecular formula is C10H17NO. The topological polar surface area (TPSA) is 32.3 Å². The Morgan fingerprint density at radius 1 is 1.50 bits per heavy atom. The van der Waals surface area contributed by atoms with E-state index in [2.05, 4.69) is 37.4 Å². The number of allylic oxidation sites excluding steroid dienone is 2. The van der Waals surface area contributed by atoms with Crippen LogP contribution >= 0.6 is 0 Å². The number of nitrogens with one attached hydrogen (secondary N) is 1. The highest BCUT2D eigenvalue weighted by Crippen LogP contribution is 2.21. The van der Waals surface area contributed by atoms with Crippen LogP contribution in [0.25, 0.3) is 0 Å². The first kappa shape index (κ1) is 9.49. The summed E-state index contributed by atoms with van der Waals surface area (Å²) in [6.45, 7) is 4.17. The summed E-state index contributed by atoms with van der Waals surface area (Å²) >= 11 is 0. The lowest BCUT2D eigenvalue weighted by Crippen LogP contribution is -2.41. The highest BCUT2D eigenvalue weighted by molar-refractivity contribution is 5.31. The Balaban J connectivity index is 2.66. The van der Waals surface area contributed by atoms with Crippen molar-refractivity contribution in [1.82, 2.24) is 5.32 Å². The van der Waals surface area contributed by atoms with Crippen LogP contribution in [0.4, 0.5) is 0 Å². The maximum atomic E-state index is 8.77. The largest absolute Gasteiger partial charge is 0.381 e. The molecule has 2 nitrogen and oxygen atoms in total. The van der Waals surface area contributed by atoms with E-state index in [1.807, 2.05) is 0 Å². The van der Waals surface area contributed by atoms with Crippen molar-refractivity contribution in [2.45, 2.75) is 32.2 Å². The second kappa shape index (κ2) is 3.87. The van der Waals surface area contributed by atoms with Crippen molar-refractivity contribution in [3.05, 3.63) is 23.8 Å². The third-order valence-electron chi connectivity index (χ3n) is 2.24. The first-order chi connectivity index (χ1) is 5.67. The summed E-state index contributed by atoms with van der Waals surface area (Å²) < 4.78 is 0. The van der Waals surface area contributed by atoms with Gasteiger partial charge in [-0.05, 0) is 32.3 Å². The van der Waals surface area contributed by atoms with E-state index in [1.165, 1.54) is 5.57 Å². The number of rotatable bonds is 3. The average molecular weight is 167 g/mol. The standard InChI is InChI=1S/C10H17NO/c1-10(2,11-8-12)9-6-4-3-5-7-9/h4,6-7,11-12H,3,5,8H2,1-2H3. The lowest BCUT2D eigenvalue weighted by Gasteiger charge is -2.28. The van der Waals surface area contributed by atoms with Crippen LogP contribution in [-0.2, 0) is 0 Å². The van der Waals surface area contributed by atoms with Gasteiger partial charge in [-0.1, -0.05) is 18.2 Å². The van der Waals surface area contributed by atoms with Gasteiger partial charge in [-0.2, -0.15) is 0 Å². The average Bonchev–Trinajstić information content (AvgIpc) is 2.06. The highest BCUT2D eigenvalue weighted by atomic mass is 16.3. The maximum absolute atomic E-state index is 8.77. The fourth-order valence-electron chi connectivity index (χ4n) is 1.38. The number of hydrogen-bond donors (Lipinski definition) is 2. The Morgan fingerprint density at radius 2 is 2.25 bits per heavy atom. The Bertz CT molecular complexity index is 204. The molecule has 0 radical (unpaired) electrons. The van der Waals surface area contributed by atoms with Crippen LogP contribution in [0.3, 0.4) is 0 Å². The minimum Gasteiger partial charge on any atom is -0.381 e. The zero-order valence-electron chi connectivity index (χ0n) is 7.80. The molecule has 1 aliphatic rings. The summed E-state index contributed by atoms with van der Waals surface area (Å²) in [5.74, 6) is 0. The lowest BCUT2D eigenvalue weighted by molar-refractivity contribution is 0.225. The summed E-state index contributed by atoms with van der Waals surface area (Å²) in [4.78, 5) is 0. The van der Waals surface area contributed by atoms with Crippen molar-refractivity contribution >= 4 is 0 Å². The molecule has 68 valence electrons.